The van der Waals surface area contributed by atoms with Crippen LogP contribution in [0.25, 0.3) is 0 Å². The Morgan fingerprint density at radius 1 is 1.05 bits per heavy atom. The van der Waals surface area contributed by atoms with Crippen molar-refractivity contribution in [3.05, 3.63) is 35.4 Å². The molecule has 0 amide bonds. The van der Waals surface area contributed by atoms with Crippen molar-refractivity contribution in [2.45, 2.75) is 37.9 Å². The van der Waals surface area contributed by atoms with Crippen molar-refractivity contribution < 1.29 is 19.0 Å². The van der Waals surface area contributed by atoms with Crippen LogP contribution >= 0.6 is 0 Å². The highest BCUT2D eigenvalue weighted by molar-refractivity contribution is 5.89. The average Bonchev–Trinajstić information content (AvgIpc) is 3.09. The number of hydrogen-bond donors (Lipinski definition) is 0. The van der Waals surface area contributed by atoms with Gasteiger partial charge in [-0.25, -0.2) is 4.79 Å². The first-order valence-electron chi connectivity index (χ1n) is 7.69. The number of esters is 1. The maximum atomic E-state index is 11.4. The van der Waals surface area contributed by atoms with Gasteiger partial charge in [0.05, 0.1) is 25.9 Å². The Kier molecular flexibility index (Phi) is 4.56. The van der Waals surface area contributed by atoms with Crippen molar-refractivity contribution in [1.29, 1.82) is 0 Å². The molecule has 21 heavy (non-hydrogen) atoms. The first-order chi connectivity index (χ1) is 10.3. The maximum absolute atomic E-state index is 11.4. The van der Waals surface area contributed by atoms with Gasteiger partial charge in [-0.15, -0.1) is 0 Å². The first kappa shape index (κ1) is 14.5. The average molecular weight is 290 g/mol. The summed E-state index contributed by atoms with van der Waals surface area (Å²) in [6.45, 7) is 1.47. The van der Waals surface area contributed by atoms with E-state index in [4.69, 9.17) is 14.2 Å². The highest BCUT2D eigenvalue weighted by Gasteiger charge is 2.31. The molecule has 4 heteroatoms. The van der Waals surface area contributed by atoms with E-state index in [2.05, 4.69) is 12.1 Å². The molecular formula is C17H22O4. The molecule has 1 saturated heterocycles. The summed E-state index contributed by atoms with van der Waals surface area (Å²) in [6, 6.07) is 7.83. The van der Waals surface area contributed by atoms with Crippen LogP contribution in [-0.4, -0.2) is 32.6 Å². The molecular weight excluding hydrogens is 268 g/mol. The van der Waals surface area contributed by atoms with Crippen LogP contribution in [-0.2, 0) is 14.2 Å². The third-order valence-electron chi connectivity index (χ3n) is 4.61. The van der Waals surface area contributed by atoms with E-state index < -0.39 is 0 Å². The minimum Gasteiger partial charge on any atom is -0.465 e. The van der Waals surface area contributed by atoms with Crippen molar-refractivity contribution in [3.63, 3.8) is 0 Å². The first-order valence-corrected chi connectivity index (χ1v) is 7.69. The summed E-state index contributed by atoms with van der Waals surface area (Å²) < 4.78 is 16.0. The molecule has 1 saturated carbocycles. The third kappa shape index (κ3) is 3.27. The predicted octanol–water partition coefficient (Wildman–Crippen LogP) is 3.12. The molecule has 2 aliphatic rings. The van der Waals surface area contributed by atoms with Crippen molar-refractivity contribution in [1.82, 2.24) is 0 Å². The summed E-state index contributed by atoms with van der Waals surface area (Å²) in [4.78, 5) is 11.4. The van der Waals surface area contributed by atoms with E-state index in [0.717, 1.165) is 38.9 Å². The molecule has 0 bridgehead atoms. The molecule has 0 unspecified atom stereocenters. The van der Waals surface area contributed by atoms with Gasteiger partial charge in [0.1, 0.15) is 0 Å². The minimum absolute atomic E-state index is 0.0210. The molecule has 0 aromatic heterocycles. The fraction of sp³-hybridized carbons (Fsp3) is 0.588. The smallest absolute Gasteiger partial charge is 0.337 e. The number of methoxy groups -OCH3 is 1. The molecule has 1 aliphatic carbocycles. The van der Waals surface area contributed by atoms with Crippen molar-refractivity contribution >= 4 is 5.97 Å². The molecule has 0 radical (unpaired) electrons. The van der Waals surface area contributed by atoms with Gasteiger partial charge in [0.25, 0.3) is 0 Å². The third-order valence-corrected chi connectivity index (χ3v) is 4.61. The Balaban J connectivity index is 1.57. The van der Waals surface area contributed by atoms with Crippen molar-refractivity contribution in [2.24, 2.45) is 5.92 Å². The van der Waals surface area contributed by atoms with Gasteiger partial charge in [-0.1, -0.05) is 12.1 Å². The van der Waals surface area contributed by atoms with Crippen molar-refractivity contribution in [3.8, 4) is 0 Å². The Morgan fingerprint density at radius 3 is 2.24 bits per heavy atom. The number of hydrogen-bond acceptors (Lipinski definition) is 4. The molecule has 0 spiro atoms. The molecule has 1 aliphatic heterocycles. The molecule has 0 atom stereocenters. The summed E-state index contributed by atoms with van der Waals surface area (Å²) in [5.74, 6) is 0.841. The molecule has 1 aromatic rings. The molecule has 0 N–H and O–H groups in total. The van der Waals surface area contributed by atoms with Crippen LogP contribution in [0.4, 0.5) is 0 Å². The summed E-state index contributed by atoms with van der Waals surface area (Å²) in [5, 5.41) is 0. The molecule has 1 heterocycles. The van der Waals surface area contributed by atoms with E-state index >= 15 is 0 Å². The lowest BCUT2D eigenvalue weighted by atomic mass is 9.78. The Morgan fingerprint density at radius 2 is 1.67 bits per heavy atom. The zero-order chi connectivity index (χ0) is 14.7. The molecule has 2 fully saturated rings. The van der Waals surface area contributed by atoms with Gasteiger partial charge in [-0.05, 0) is 49.3 Å². The number of carbonyl (C=O) groups is 1. The number of carbonyl (C=O) groups excluding carboxylic acids is 1. The molecule has 1 aromatic carbocycles. The number of benzene rings is 1. The van der Waals surface area contributed by atoms with Gasteiger partial charge < -0.3 is 14.2 Å². The van der Waals surface area contributed by atoms with Crippen LogP contribution in [0.5, 0.6) is 0 Å². The molecule has 3 rings (SSSR count). The van der Waals surface area contributed by atoms with Gasteiger partial charge in [0.2, 0.25) is 0 Å². The van der Waals surface area contributed by atoms with Crippen LogP contribution in [0.1, 0.15) is 47.5 Å². The second kappa shape index (κ2) is 6.58. The van der Waals surface area contributed by atoms with Crippen LogP contribution < -0.4 is 0 Å². The lowest BCUT2D eigenvalue weighted by molar-refractivity contribution is -0.0931. The van der Waals surface area contributed by atoms with Crippen LogP contribution in [0.15, 0.2) is 24.3 Å². The summed E-state index contributed by atoms with van der Waals surface area (Å²) in [7, 11) is 1.41. The SMILES string of the molecule is COC(=O)c1ccc(C2CCC(C3OCCO3)CC2)cc1. The highest BCUT2D eigenvalue weighted by atomic mass is 16.7. The standard InChI is InChI=1S/C17H22O4/c1-19-16(18)14-6-2-12(3-7-14)13-4-8-15(9-5-13)17-20-10-11-21-17/h2-3,6-7,13,15,17H,4-5,8-11H2,1H3. The Hall–Kier alpha value is -1.39. The van der Waals surface area contributed by atoms with E-state index in [1.807, 2.05) is 12.1 Å². The maximum Gasteiger partial charge on any atom is 0.337 e. The number of rotatable bonds is 3. The van der Waals surface area contributed by atoms with E-state index in [1.54, 1.807) is 0 Å². The van der Waals surface area contributed by atoms with Gasteiger partial charge in [-0.2, -0.15) is 0 Å². The second-order valence-corrected chi connectivity index (χ2v) is 5.84. The normalized spacial score (nSPS) is 26.7. The van der Waals surface area contributed by atoms with Gasteiger partial charge >= 0.3 is 5.97 Å². The minimum atomic E-state index is -0.277. The predicted molar refractivity (Wildman–Crippen MR) is 78.2 cm³/mol. The summed E-state index contributed by atoms with van der Waals surface area (Å²) in [6.07, 6.45) is 4.63. The van der Waals surface area contributed by atoms with E-state index in [-0.39, 0.29) is 12.3 Å². The van der Waals surface area contributed by atoms with E-state index in [1.165, 1.54) is 12.7 Å². The van der Waals surface area contributed by atoms with Crippen LogP contribution in [0.3, 0.4) is 0 Å². The Labute approximate surface area is 125 Å². The summed E-state index contributed by atoms with van der Waals surface area (Å²) >= 11 is 0. The zero-order valence-corrected chi connectivity index (χ0v) is 12.4. The quantitative estimate of drug-likeness (QED) is 0.802. The van der Waals surface area contributed by atoms with Crippen molar-refractivity contribution in [2.75, 3.05) is 20.3 Å². The molecule has 4 nitrogen and oxygen atoms in total. The zero-order valence-electron chi connectivity index (χ0n) is 12.4. The molecule has 114 valence electrons. The van der Waals surface area contributed by atoms with Gasteiger partial charge in [0.15, 0.2) is 6.29 Å². The topological polar surface area (TPSA) is 44.8 Å². The van der Waals surface area contributed by atoms with Gasteiger partial charge in [0, 0.05) is 5.92 Å². The fourth-order valence-corrected chi connectivity index (χ4v) is 3.38. The van der Waals surface area contributed by atoms with Crippen LogP contribution in [0.2, 0.25) is 0 Å². The van der Waals surface area contributed by atoms with Gasteiger partial charge in [-0.3, -0.25) is 0 Å². The van der Waals surface area contributed by atoms with E-state index in [0.29, 0.717) is 17.4 Å². The second-order valence-electron chi connectivity index (χ2n) is 5.84. The lowest BCUT2D eigenvalue weighted by Gasteiger charge is -2.31. The van der Waals surface area contributed by atoms with E-state index in [9.17, 15) is 4.79 Å². The monoisotopic (exact) mass is 290 g/mol. The lowest BCUT2D eigenvalue weighted by Crippen LogP contribution is -2.26. The number of ether oxygens (including phenoxy) is 3. The van der Waals surface area contributed by atoms with Crippen LogP contribution in [0, 0.1) is 5.92 Å². The largest absolute Gasteiger partial charge is 0.465 e. The summed E-state index contributed by atoms with van der Waals surface area (Å²) in [5.41, 5.74) is 1.93. The fourth-order valence-electron chi connectivity index (χ4n) is 3.38. The Bertz CT molecular complexity index is 468. The highest BCUT2D eigenvalue weighted by Crippen LogP contribution is 2.38.